The van der Waals surface area contributed by atoms with E-state index < -0.39 is 5.82 Å². The van der Waals surface area contributed by atoms with E-state index >= 15 is 4.39 Å². The van der Waals surface area contributed by atoms with Crippen LogP contribution in [0.4, 0.5) is 16.0 Å². The van der Waals surface area contributed by atoms with Crippen molar-refractivity contribution in [3.63, 3.8) is 0 Å². The molecule has 0 aliphatic carbocycles. The van der Waals surface area contributed by atoms with Crippen LogP contribution in [0.2, 0.25) is 0 Å². The number of rotatable bonds is 13. The highest BCUT2D eigenvalue weighted by atomic mass is 19.1. The number of hydrogen-bond donors (Lipinski definition) is 1. The van der Waals surface area contributed by atoms with E-state index in [9.17, 15) is 0 Å². The van der Waals surface area contributed by atoms with Gasteiger partial charge in [0, 0.05) is 62.7 Å². The van der Waals surface area contributed by atoms with Crippen LogP contribution in [0.1, 0.15) is 32.1 Å². The molecule has 0 spiro atoms. The van der Waals surface area contributed by atoms with Gasteiger partial charge in [-0.15, -0.1) is 0 Å². The van der Waals surface area contributed by atoms with Crippen molar-refractivity contribution in [2.45, 2.75) is 38.7 Å². The topological polar surface area (TPSA) is 104 Å². The number of anilines is 2. The smallest absolute Gasteiger partial charge is 0.227 e. The molecule has 1 fully saturated rings. The van der Waals surface area contributed by atoms with E-state index in [-0.39, 0.29) is 17.8 Å². The molecule has 1 aliphatic rings. The molecule has 3 heterocycles. The van der Waals surface area contributed by atoms with Gasteiger partial charge in [0.25, 0.3) is 0 Å². The van der Waals surface area contributed by atoms with Crippen LogP contribution in [0.15, 0.2) is 53.1 Å². The van der Waals surface area contributed by atoms with Gasteiger partial charge >= 0.3 is 0 Å². The summed E-state index contributed by atoms with van der Waals surface area (Å²) in [6, 6.07) is 12.1. The minimum absolute atomic E-state index is 0.0228. The van der Waals surface area contributed by atoms with E-state index in [1.165, 1.54) is 6.07 Å². The number of nitrogens with zero attached hydrogens (tertiary/aromatic N) is 4. The second-order valence-electron chi connectivity index (χ2n) is 10.3. The molecule has 2 aromatic heterocycles. The third kappa shape index (κ3) is 7.60. The fourth-order valence-corrected chi connectivity index (χ4v) is 5.00. The molecule has 0 unspecified atom stereocenters. The minimum Gasteiger partial charge on any atom is -0.497 e. The molecule has 10 nitrogen and oxygen atoms in total. The van der Waals surface area contributed by atoms with Crippen molar-refractivity contribution in [2.24, 2.45) is 0 Å². The number of nitrogens with one attached hydrogen (secondary N) is 1. The van der Waals surface area contributed by atoms with Crippen molar-refractivity contribution in [1.29, 1.82) is 0 Å². The highest BCUT2D eigenvalue weighted by Gasteiger charge is 2.22. The summed E-state index contributed by atoms with van der Waals surface area (Å²) in [6.07, 6.45) is 4.83. The van der Waals surface area contributed by atoms with Crippen molar-refractivity contribution in [2.75, 3.05) is 52.9 Å². The summed E-state index contributed by atoms with van der Waals surface area (Å²) in [7, 11) is 4.91. The Morgan fingerprint density at radius 1 is 1.00 bits per heavy atom. The Hall–Kier alpha value is -4.22. The van der Waals surface area contributed by atoms with Crippen molar-refractivity contribution >= 4 is 11.6 Å². The second-order valence-corrected chi connectivity index (χ2v) is 10.3. The normalized spacial score (nSPS) is 14.1. The van der Waals surface area contributed by atoms with Crippen LogP contribution in [0, 0.1) is 5.82 Å². The molecule has 1 saturated heterocycles. The zero-order valence-corrected chi connectivity index (χ0v) is 25.1. The van der Waals surface area contributed by atoms with Gasteiger partial charge in [0.05, 0.1) is 20.8 Å². The predicted molar refractivity (Wildman–Crippen MR) is 162 cm³/mol. The summed E-state index contributed by atoms with van der Waals surface area (Å²) in [4.78, 5) is 16.1. The summed E-state index contributed by atoms with van der Waals surface area (Å²) in [5.41, 5.74) is 2.41. The summed E-state index contributed by atoms with van der Waals surface area (Å²) >= 11 is 0. The van der Waals surface area contributed by atoms with Crippen LogP contribution in [-0.4, -0.2) is 73.5 Å². The third-order valence-electron chi connectivity index (χ3n) is 7.28. The van der Waals surface area contributed by atoms with Gasteiger partial charge in [0.2, 0.25) is 5.95 Å². The van der Waals surface area contributed by atoms with Crippen molar-refractivity contribution in [3.8, 4) is 40.0 Å². The first-order valence-electron chi connectivity index (χ1n) is 14.5. The minimum atomic E-state index is -0.448. The van der Waals surface area contributed by atoms with Gasteiger partial charge in [-0.25, -0.2) is 19.3 Å². The molecule has 0 radical (unpaired) electrons. The van der Waals surface area contributed by atoms with E-state index in [0.717, 1.165) is 44.5 Å². The number of ether oxygens (including phenoxy) is 4. The van der Waals surface area contributed by atoms with Gasteiger partial charge in [-0.3, -0.25) is 0 Å². The van der Waals surface area contributed by atoms with E-state index in [1.54, 1.807) is 51.8 Å². The van der Waals surface area contributed by atoms with Crippen LogP contribution >= 0.6 is 0 Å². The Balaban J connectivity index is 1.33. The van der Waals surface area contributed by atoms with E-state index in [1.807, 2.05) is 12.1 Å². The van der Waals surface area contributed by atoms with Gasteiger partial charge in [-0.05, 0) is 49.6 Å². The molecule has 1 aliphatic heterocycles. The monoisotopic (exact) mass is 591 g/mol. The van der Waals surface area contributed by atoms with Crippen molar-refractivity contribution < 1.29 is 27.8 Å². The van der Waals surface area contributed by atoms with Gasteiger partial charge in [-0.1, -0.05) is 6.92 Å². The maximum atomic E-state index is 15.1. The summed E-state index contributed by atoms with van der Waals surface area (Å²) in [5, 5.41) is 3.10. The molecule has 2 aromatic carbocycles. The van der Waals surface area contributed by atoms with Crippen LogP contribution in [0.5, 0.6) is 17.2 Å². The number of piperidine rings is 1. The number of benzene rings is 2. The van der Waals surface area contributed by atoms with Crippen molar-refractivity contribution in [3.05, 3.63) is 60.4 Å². The van der Waals surface area contributed by atoms with E-state index in [2.05, 4.69) is 27.1 Å². The molecule has 0 amide bonds. The lowest BCUT2D eigenvalue weighted by molar-refractivity contribution is 0.0776. The van der Waals surface area contributed by atoms with Gasteiger partial charge in [-0.2, -0.15) is 0 Å². The number of hydrogen-bond acceptors (Lipinski definition) is 10. The summed E-state index contributed by atoms with van der Waals surface area (Å²) in [5.74, 6) is 2.43. The molecule has 43 heavy (non-hydrogen) atoms. The number of likely N-dealkylation sites (tertiary alicyclic amines) is 1. The Morgan fingerprint density at radius 2 is 1.77 bits per heavy atom. The van der Waals surface area contributed by atoms with Gasteiger partial charge in [0.1, 0.15) is 29.0 Å². The largest absolute Gasteiger partial charge is 0.497 e. The van der Waals surface area contributed by atoms with Gasteiger partial charge < -0.3 is 33.6 Å². The quantitative estimate of drug-likeness (QED) is 0.195. The molecule has 0 saturated carbocycles. The summed E-state index contributed by atoms with van der Waals surface area (Å²) in [6.45, 7) is 5.47. The molecular formula is C32H38FN5O5. The number of methoxy groups -OCH3 is 3. The maximum absolute atomic E-state index is 15.1. The zero-order valence-electron chi connectivity index (χ0n) is 25.1. The first-order chi connectivity index (χ1) is 21.0. The Kier molecular flexibility index (Phi) is 10.1. The average molecular weight is 592 g/mol. The Labute approximate surface area is 251 Å². The zero-order chi connectivity index (χ0) is 30.2. The molecular weight excluding hydrogens is 553 g/mol. The molecule has 11 heteroatoms. The summed E-state index contributed by atoms with van der Waals surface area (Å²) < 4.78 is 43.3. The van der Waals surface area contributed by atoms with Crippen LogP contribution < -0.4 is 19.5 Å². The third-order valence-corrected chi connectivity index (χ3v) is 7.28. The molecule has 0 atom stereocenters. The molecule has 228 valence electrons. The van der Waals surface area contributed by atoms with Crippen LogP contribution in [0.3, 0.4) is 0 Å². The first kappa shape index (κ1) is 30.2. The average Bonchev–Trinajstić information content (AvgIpc) is 3.46. The molecule has 0 bridgehead atoms. The lowest BCUT2D eigenvalue weighted by Crippen LogP contribution is -2.39. The Morgan fingerprint density at radius 3 is 2.44 bits per heavy atom. The number of halogens is 1. The lowest BCUT2D eigenvalue weighted by atomic mass is 10.1. The standard InChI is InChI=1S/C32H38FN5O5/c1-5-6-29-37-30(21-17-24(40-3)20-25(18-21)41-4)31(43-29)27-9-12-34-32(36-27)35-22-7-8-28(26(33)19-22)42-23-10-13-38(14-11-23)15-16-39-2/h7-9,12,17-20,23H,5-6,10-11,13-16H2,1-4H3,(H,34,35,36). The van der Waals surface area contributed by atoms with E-state index in [0.29, 0.717) is 53.3 Å². The van der Waals surface area contributed by atoms with Crippen molar-refractivity contribution in [1.82, 2.24) is 19.9 Å². The van der Waals surface area contributed by atoms with Crippen LogP contribution in [0.25, 0.3) is 22.7 Å². The predicted octanol–water partition coefficient (Wildman–Crippen LogP) is 6.14. The molecule has 4 aromatic rings. The number of oxazole rings is 1. The first-order valence-corrected chi connectivity index (χ1v) is 14.5. The van der Waals surface area contributed by atoms with Gasteiger partial charge in [0.15, 0.2) is 23.2 Å². The van der Waals surface area contributed by atoms with Crippen LogP contribution in [-0.2, 0) is 11.2 Å². The number of aromatic nitrogens is 3. The Bertz CT molecular complexity index is 1480. The second kappa shape index (κ2) is 14.3. The fraction of sp³-hybridized carbons (Fsp3) is 0.406. The SMILES string of the molecule is CCCc1nc(-c2cc(OC)cc(OC)c2)c(-c2ccnc(Nc3ccc(OC4CCN(CCOC)CC4)c(F)c3)n2)o1. The lowest BCUT2D eigenvalue weighted by Gasteiger charge is -2.32. The highest BCUT2D eigenvalue weighted by Crippen LogP contribution is 2.36. The molecule has 5 rings (SSSR count). The fourth-order valence-electron chi connectivity index (χ4n) is 5.00. The number of aryl methyl sites for hydroxylation is 1. The van der Waals surface area contributed by atoms with E-state index in [4.69, 9.17) is 28.3 Å². The maximum Gasteiger partial charge on any atom is 0.227 e. The molecule has 1 N–H and O–H groups in total. The highest BCUT2D eigenvalue weighted by molar-refractivity contribution is 5.77.